The van der Waals surface area contributed by atoms with E-state index in [1.165, 1.54) is 0 Å². The summed E-state index contributed by atoms with van der Waals surface area (Å²) in [4.78, 5) is 22.6. The maximum absolute atomic E-state index is 12.4. The van der Waals surface area contributed by atoms with Crippen molar-refractivity contribution in [1.29, 1.82) is 0 Å². The SMILES string of the molecule is COC(=O)C/C(=N/Nc1ccc(C(F)(F)F)cc1)C(=O)OC. The van der Waals surface area contributed by atoms with E-state index in [0.717, 1.165) is 38.5 Å². The molecule has 0 atom stereocenters. The fourth-order valence-electron chi connectivity index (χ4n) is 1.35. The first kappa shape index (κ1) is 17.5. The molecule has 0 bridgehead atoms. The van der Waals surface area contributed by atoms with Crippen LogP contribution in [0.5, 0.6) is 0 Å². The van der Waals surface area contributed by atoms with Crippen LogP contribution in [0.15, 0.2) is 29.4 Å². The van der Waals surface area contributed by atoms with Crippen LogP contribution in [0.3, 0.4) is 0 Å². The first-order valence-corrected chi connectivity index (χ1v) is 5.93. The zero-order valence-electron chi connectivity index (χ0n) is 11.7. The summed E-state index contributed by atoms with van der Waals surface area (Å²) in [7, 11) is 2.24. The minimum absolute atomic E-state index is 0.208. The van der Waals surface area contributed by atoms with Gasteiger partial charge in [0.05, 0.1) is 31.9 Å². The summed E-state index contributed by atoms with van der Waals surface area (Å²) in [6, 6.07) is 3.99. The van der Waals surface area contributed by atoms with Gasteiger partial charge in [0, 0.05) is 0 Å². The second-order valence-corrected chi connectivity index (χ2v) is 3.99. The fourth-order valence-corrected chi connectivity index (χ4v) is 1.35. The molecule has 0 fully saturated rings. The lowest BCUT2D eigenvalue weighted by Gasteiger charge is -2.08. The number of nitrogens with zero attached hydrogens (tertiary/aromatic N) is 1. The molecule has 6 nitrogen and oxygen atoms in total. The Hall–Kier alpha value is -2.58. The van der Waals surface area contributed by atoms with Gasteiger partial charge in [-0.1, -0.05) is 0 Å². The molecule has 0 unspecified atom stereocenters. The van der Waals surface area contributed by atoms with Crippen molar-refractivity contribution in [3.8, 4) is 0 Å². The van der Waals surface area contributed by atoms with Crippen LogP contribution >= 0.6 is 0 Å². The average molecular weight is 318 g/mol. The Bertz CT molecular complexity index is 568. The highest BCUT2D eigenvalue weighted by molar-refractivity contribution is 6.39. The van der Waals surface area contributed by atoms with Gasteiger partial charge in [-0.05, 0) is 24.3 Å². The maximum Gasteiger partial charge on any atom is 0.416 e. The lowest BCUT2D eigenvalue weighted by molar-refractivity contribution is -0.140. The summed E-state index contributed by atoms with van der Waals surface area (Å²) in [6.45, 7) is 0. The molecule has 1 rings (SSSR count). The number of hydrazone groups is 1. The molecule has 0 aliphatic rings. The third kappa shape index (κ3) is 5.08. The Kier molecular flexibility index (Phi) is 5.90. The number of rotatable bonds is 5. The van der Waals surface area contributed by atoms with Crippen LogP contribution in [0, 0.1) is 0 Å². The van der Waals surface area contributed by atoms with E-state index in [0.29, 0.717) is 0 Å². The molecule has 0 heterocycles. The second kappa shape index (κ2) is 7.43. The molecule has 9 heteroatoms. The molecule has 1 N–H and O–H groups in total. The van der Waals surface area contributed by atoms with Crippen LogP contribution in [-0.4, -0.2) is 31.9 Å². The molecule has 1 aromatic carbocycles. The molecular weight excluding hydrogens is 305 g/mol. The van der Waals surface area contributed by atoms with E-state index in [4.69, 9.17) is 0 Å². The molecule has 120 valence electrons. The molecule has 0 saturated heterocycles. The summed E-state index contributed by atoms with van der Waals surface area (Å²) in [5, 5.41) is 3.65. The van der Waals surface area contributed by atoms with Crippen molar-refractivity contribution in [1.82, 2.24) is 0 Å². The number of benzene rings is 1. The van der Waals surface area contributed by atoms with Crippen LogP contribution < -0.4 is 5.43 Å². The van der Waals surface area contributed by atoms with E-state index in [2.05, 4.69) is 20.0 Å². The molecule has 0 aromatic heterocycles. The van der Waals surface area contributed by atoms with E-state index in [-0.39, 0.29) is 11.4 Å². The zero-order valence-corrected chi connectivity index (χ0v) is 11.7. The number of halogens is 3. The van der Waals surface area contributed by atoms with Crippen molar-refractivity contribution in [3.05, 3.63) is 29.8 Å². The summed E-state index contributed by atoms with van der Waals surface area (Å²) in [6.07, 6.45) is -4.87. The van der Waals surface area contributed by atoms with Crippen molar-refractivity contribution in [2.75, 3.05) is 19.6 Å². The number of carbonyl (C=O) groups is 2. The Morgan fingerprint density at radius 1 is 1.14 bits per heavy atom. The average Bonchev–Trinajstić information content (AvgIpc) is 2.49. The van der Waals surface area contributed by atoms with Crippen molar-refractivity contribution in [2.45, 2.75) is 12.6 Å². The van der Waals surface area contributed by atoms with Gasteiger partial charge in [-0.15, -0.1) is 0 Å². The van der Waals surface area contributed by atoms with Crippen LogP contribution in [0.4, 0.5) is 18.9 Å². The molecule has 0 spiro atoms. The minimum Gasteiger partial charge on any atom is -0.469 e. The van der Waals surface area contributed by atoms with Gasteiger partial charge in [-0.2, -0.15) is 18.3 Å². The van der Waals surface area contributed by atoms with Gasteiger partial charge in [0.15, 0.2) is 5.71 Å². The number of methoxy groups -OCH3 is 2. The van der Waals surface area contributed by atoms with Crippen LogP contribution in [0.2, 0.25) is 0 Å². The lowest BCUT2D eigenvalue weighted by atomic mass is 10.2. The van der Waals surface area contributed by atoms with Gasteiger partial charge in [-0.25, -0.2) is 4.79 Å². The molecule has 0 aliphatic carbocycles. The zero-order chi connectivity index (χ0) is 16.8. The van der Waals surface area contributed by atoms with Crippen LogP contribution in [0.1, 0.15) is 12.0 Å². The number of alkyl halides is 3. The highest BCUT2D eigenvalue weighted by Crippen LogP contribution is 2.29. The number of anilines is 1. The molecule has 0 aliphatic heterocycles. The summed E-state index contributed by atoms with van der Waals surface area (Å²) in [5.74, 6) is -1.57. The van der Waals surface area contributed by atoms with Crippen LogP contribution in [0.25, 0.3) is 0 Å². The van der Waals surface area contributed by atoms with Gasteiger partial charge in [-0.3, -0.25) is 10.2 Å². The number of hydrogen-bond donors (Lipinski definition) is 1. The van der Waals surface area contributed by atoms with E-state index < -0.39 is 30.1 Å². The molecular formula is C13H13F3N2O4. The molecule has 0 amide bonds. The Morgan fingerprint density at radius 3 is 2.18 bits per heavy atom. The second-order valence-electron chi connectivity index (χ2n) is 3.99. The Balaban J connectivity index is 2.85. The minimum atomic E-state index is -4.44. The van der Waals surface area contributed by atoms with Gasteiger partial charge >= 0.3 is 18.1 Å². The largest absolute Gasteiger partial charge is 0.469 e. The Labute approximate surface area is 123 Å². The van der Waals surface area contributed by atoms with Gasteiger partial charge < -0.3 is 9.47 Å². The number of hydrogen-bond acceptors (Lipinski definition) is 6. The fraction of sp³-hybridized carbons (Fsp3) is 0.308. The molecule has 0 saturated carbocycles. The van der Waals surface area contributed by atoms with E-state index in [1.54, 1.807) is 0 Å². The highest BCUT2D eigenvalue weighted by Gasteiger charge is 2.29. The lowest BCUT2D eigenvalue weighted by Crippen LogP contribution is -2.21. The van der Waals surface area contributed by atoms with Gasteiger partial charge in [0.25, 0.3) is 0 Å². The molecule has 0 radical (unpaired) electrons. The smallest absolute Gasteiger partial charge is 0.416 e. The van der Waals surface area contributed by atoms with E-state index >= 15 is 0 Å². The van der Waals surface area contributed by atoms with E-state index in [1.807, 2.05) is 0 Å². The normalized spacial score (nSPS) is 11.8. The van der Waals surface area contributed by atoms with Crippen molar-refractivity contribution < 1.29 is 32.2 Å². The number of esters is 2. The topological polar surface area (TPSA) is 77.0 Å². The third-order valence-corrected chi connectivity index (χ3v) is 2.49. The van der Waals surface area contributed by atoms with Crippen molar-refractivity contribution in [2.24, 2.45) is 5.10 Å². The summed E-state index contributed by atoms with van der Waals surface area (Å²) < 4.78 is 46.1. The van der Waals surface area contributed by atoms with Gasteiger partial charge in [0.2, 0.25) is 0 Å². The van der Waals surface area contributed by atoms with Crippen molar-refractivity contribution in [3.63, 3.8) is 0 Å². The number of ether oxygens (including phenoxy) is 2. The molecule has 22 heavy (non-hydrogen) atoms. The molecule has 1 aromatic rings. The highest BCUT2D eigenvalue weighted by atomic mass is 19.4. The summed E-state index contributed by atoms with van der Waals surface area (Å²) in [5.41, 5.74) is 1.50. The predicted octanol–water partition coefficient (Wildman–Crippen LogP) is 2.21. The summed E-state index contributed by atoms with van der Waals surface area (Å²) >= 11 is 0. The van der Waals surface area contributed by atoms with E-state index in [9.17, 15) is 22.8 Å². The van der Waals surface area contributed by atoms with Crippen molar-refractivity contribution >= 4 is 23.3 Å². The maximum atomic E-state index is 12.4. The number of nitrogens with one attached hydrogen (secondary N) is 1. The van der Waals surface area contributed by atoms with Crippen LogP contribution in [-0.2, 0) is 25.2 Å². The first-order chi connectivity index (χ1) is 10.3. The standard InChI is InChI=1S/C13H13F3N2O4/c1-21-11(19)7-10(12(20)22-2)18-17-9-5-3-8(4-6-9)13(14,15)16/h3-6,17H,7H2,1-2H3/b18-10-. The quantitative estimate of drug-likeness (QED) is 0.512. The monoisotopic (exact) mass is 318 g/mol. The predicted molar refractivity (Wildman–Crippen MR) is 71.2 cm³/mol. The third-order valence-electron chi connectivity index (χ3n) is 2.49. The number of carbonyl (C=O) groups excluding carboxylic acids is 2. The Morgan fingerprint density at radius 2 is 1.73 bits per heavy atom. The first-order valence-electron chi connectivity index (χ1n) is 5.93. The van der Waals surface area contributed by atoms with Gasteiger partial charge in [0.1, 0.15) is 0 Å².